The Kier molecular flexibility index (Phi) is 2.89. The van der Waals surface area contributed by atoms with Crippen molar-refractivity contribution in [3.63, 3.8) is 0 Å². The second-order valence-corrected chi connectivity index (χ2v) is 5.53. The fourth-order valence-corrected chi connectivity index (χ4v) is 3.07. The Morgan fingerprint density at radius 1 is 1.09 bits per heavy atom. The molecule has 1 aromatic heterocycles. The van der Waals surface area contributed by atoms with Crippen molar-refractivity contribution in [2.45, 2.75) is 13.1 Å². The molecule has 4 nitrogen and oxygen atoms in total. The fourth-order valence-electron chi connectivity index (χ4n) is 3.07. The minimum absolute atomic E-state index is 0.0226. The Morgan fingerprint density at radius 2 is 1.82 bits per heavy atom. The summed E-state index contributed by atoms with van der Waals surface area (Å²) in [5.74, 6) is 0.798. The molecule has 1 N–H and O–H groups in total. The van der Waals surface area contributed by atoms with E-state index >= 15 is 0 Å². The first kappa shape index (κ1) is 13.0. The summed E-state index contributed by atoms with van der Waals surface area (Å²) in [6, 6.07) is 15.8. The summed E-state index contributed by atoms with van der Waals surface area (Å²) in [4.78, 5) is 17.8. The Morgan fingerprint density at radius 3 is 2.50 bits per heavy atom. The molecule has 22 heavy (non-hydrogen) atoms. The Balaban J connectivity index is 1.67. The summed E-state index contributed by atoms with van der Waals surface area (Å²) >= 11 is 0. The molecule has 2 heterocycles. The lowest BCUT2D eigenvalue weighted by Gasteiger charge is -2.13. The maximum atomic E-state index is 12.7. The fraction of sp³-hybridized carbons (Fsp3) is 0.167. The number of rotatable bonds is 2. The molecule has 0 radical (unpaired) electrons. The number of nitrogens with zero attached hydrogens (tertiary/aromatic N) is 1. The van der Waals surface area contributed by atoms with Gasteiger partial charge in [0.1, 0.15) is 11.4 Å². The third kappa shape index (κ3) is 1.96. The summed E-state index contributed by atoms with van der Waals surface area (Å²) in [7, 11) is 1.64. The summed E-state index contributed by atoms with van der Waals surface area (Å²) < 4.78 is 5.35. The van der Waals surface area contributed by atoms with Gasteiger partial charge in [-0.15, -0.1) is 0 Å². The van der Waals surface area contributed by atoms with Crippen molar-refractivity contribution in [1.29, 1.82) is 0 Å². The van der Waals surface area contributed by atoms with Crippen LogP contribution in [-0.4, -0.2) is 22.9 Å². The number of aromatic amines is 1. The maximum absolute atomic E-state index is 12.7. The average molecular weight is 292 g/mol. The highest BCUT2D eigenvalue weighted by atomic mass is 16.5. The van der Waals surface area contributed by atoms with Crippen molar-refractivity contribution in [1.82, 2.24) is 9.88 Å². The van der Waals surface area contributed by atoms with Gasteiger partial charge in [0.05, 0.1) is 7.11 Å². The largest absolute Gasteiger partial charge is 0.496 e. The molecule has 2 aromatic carbocycles. The van der Waals surface area contributed by atoms with Gasteiger partial charge in [0.15, 0.2) is 0 Å². The molecule has 1 aliphatic rings. The second kappa shape index (κ2) is 4.91. The summed E-state index contributed by atoms with van der Waals surface area (Å²) in [6.07, 6.45) is 0. The van der Waals surface area contributed by atoms with E-state index < -0.39 is 0 Å². The zero-order chi connectivity index (χ0) is 15.1. The van der Waals surface area contributed by atoms with Gasteiger partial charge in [-0.3, -0.25) is 4.79 Å². The van der Waals surface area contributed by atoms with Crippen LogP contribution in [0.5, 0.6) is 5.75 Å². The molecule has 0 fully saturated rings. The summed E-state index contributed by atoms with van der Waals surface area (Å²) in [5, 5.41) is 0.935. The lowest BCUT2D eigenvalue weighted by Crippen LogP contribution is -2.25. The summed E-state index contributed by atoms with van der Waals surface area (Å²) in [6.45, 7) is 1.34. The monoisotopic (exact) mass is 292 g/mol. The van der Waals surface area contributed by atoms with Crippen molar-refractivity contribution >= 4 is 16.8 Å². The first-order chi connectivity index (χ1) is 10.8. The molecule has 0 unspecified atom stereocenters. The van der Waals surface area contributed by atoms with E-state index in [2.05, 4.69) is 17.1 Å². The number of hydrogen-bond acceptors (Lipinski definition) is 2. The van der Waals surface area contributed by atoms with Crippen LogP contribution >= 0.6 is 0 Å². The molecule has 4 rings (SSSR count). The molecule has 4 heteroatoms. The van der Waals surface area contributed by atoms with Crippen LogP contribution in [0.3, 0.4) is 0 Å². The van der Waals surface area contributed by atoms with Crippen LogP contribution in [0.25, 0.3) is 10.9 Å². The Labute approximate surface area is 128 Å². The predicted octanol–water partition coefficient (Wildman–Crippen LogP) is 3.33. The molecule has 0 bridgehead atoms. The van der Waals surface area contributed by atoms with E-state index in [0.29, 0.717) is 18.8 Å². The highest BCUT2D eigenvalue weighted by molar-refractivity contribution is 5.99. The Hall–Kier alpha value is -2.75. The molecule has 0 aliphatic carbocycles. The van der Waals surface area contributed by atoms with Gasteiger partial charge >= 0.3 is 0 Å². The molecule has 3 aromatic rings. The number of fused-ring (bicyclic) bond motifs is 2. The number of carbonyl (C=O) groups is 1. The minimum Gasteiger partial charge on any atom is -0.496 e. The van der Waals surface area contributed by atoms with Crippen LogP contribution in [0.15, 0.2) is 48.5 Å². The van der Waals surface area contributed by atoms with Gasteiger partial charge in [0, 0.05) is 24.0 Å². The zero-order valence-corrected chi connectivity index (χ0v) is 12.3. The van der Waals surface area contributed by atoms with Gasteiger partial charge < -0.3 is 14.6 Å². The quantitative estimate of drug-likeness (QED) is 0.787. The average Bonchev–Trinajstić information content (AvgIpc) is 3.17. The van der Waals surface area contributed by atoms with Crippen LogP contribution in [-0.2, 0) is 13.1 Å². The van der Waals surface area contributed by atoms with Crippen LogP contribution < -0.4 is 4.74 Å². The number of hydrogen-bond donors (Lipinski definition) is 1. The standard InChI is InChI=1S/C18H16N2O2/c1-22-17-8-4-7-15-14(17)9-16(19-15)18(21)20-10-12-5-2-3-6-13(12)11-20/h2-9,19H,10-11H2,1H3. The minimum atomic E-state index is 0.0226. The van der Waals surface area contributed by atoms with Crippen LogP contribution in [0.4, 0.5) is 0 Å². The molecular formula is C18H16N2O2. The van der Waals surface area contributed by atoms with Crippen molar-refractivity contribution in [2.75, 3.05) is 7.11 Å². The zero-order valence-electron chi connectivity index (χ0n) is 12.3. The third-order valence-electron chi connectivity index (χ3n) is 4.20. The number of H-pyrrole nitrogens is 1. The van der Waals surface area contributed by atoms with Gasteiger partial charge in [-0.1, -0.05) is 30.3 Å². The van der Waals surface area contributed by atoms with E-state index in [4.69, 9.17) is 4.74 Å². The third-order valence-corrected chi connectivity index (χ3v) is 4.20. The van der Waals surface area contributed by atoms with E-state index in [1.807, 2.05) is 41.3 Å². The van der Waals surface area contributed by atoms with Crippen LogP contribution in [0.1, 0.15) is 21.6 Å². The number of aromatic nitrogens is 1. The van der Waals surface area contributed by atoms with Gasteiger partial charge in [0.25, 0.3) is 5.91 Å². The predicted molar refractivity (Wildman–Crippen MR) is 84.9 cm³/mol. The lowest BCUT2D eigenvalue weighted by molar-refractivity contribution is 0.0746. The van der Waals surface area contributed by atoms with Gasteiger partial charge in [0.2, 0.25) is 0 Å². The van der Waals surface area contributed by atoms with Crippen molar-refractivity contribution < 1.29 is 9.53 Å². The van der Waals surface area contributed by atoms with E-state index in [9.17, 15) is 4.79 Å². The van der Waals surface area contributed by atoms with Crippen molar-refractivity contribution in [3.8, 4) is 5.75 Å². The number of carbonyl (C=O) groups excluding carboxylic acids is 1. The van der Waals surface area contributed by atoms with Crippen LogP contribution in [0.2, 0.25) is 0 Å². The molecule has 0 saturated carbocycles. The molecule has 110 valence electrons. The van der Waals surface area contributed by atoms with E-state index in [-0.39, 0.29) is 5.91 Å². The highest BCUT2D eigenvalue weighted by Crippen LogP contribution is 2.28. The Bertz CT molecular complexity index is 841. The number of ether oxygens (including phenoxy) is 1. The SMILES string of the molecule is COc1cccc2[nH]c(C(=O)N3Cc4ccccc4C3)cc12. The highest BCUT2D eigenvalue weighted by Gasteiger charge is 2.25. The lowest BCUT2D eigenvalue weighted by atomic mass is 10.1. The first-order valence-corrected chi connectivity index (χ1v) is 7.28. The normalized spacial score (nSPS) is 13.4. The van der Waals surface area contributed by atoms with Crippen molar-refractivity contribution in [2.24, 2.45) is 0 Å². The number of benzene rings is 2. The second-order valence-electron chi connectivity index (χ2n) is 5.53. The number of nitrogens with one attached hydrogen (secondary N) is 1. The van der Waals surface area contributed by atoms with E-state index in [1.54, 1.807) is 7.11 Å². The maximum Gasteiger partial charge on any atom is 0.270 e. The molecule has 1 amide bonds. The summed E-state index contributed by atoms with van der Waals surface area (Å²) in [5.41, 5.74) is 3.97. The molecule has 0 atom stereocenters. The molecular weight excluding hydrogens is 276 g/mol. The van der Waals surface area contributed by atoms with E-state index in [0.717, 1.165) is 16.7 Å². The number of methoxy groups -OCH3 is 1. The number of amides is 1. The first-order valence-electron chi connectivity index (χ1n) is 7.28. The molecule has 1 aliphatic heterocycles. The molecule has 0 spiro atoms. The molecule has 0 saturated heterocycles. The van der Waals surface area contributed by atoms with Gasteiger partial charge in [-0.25, -0.2) is 0 Å². The van der Waals surface area contributed by atoms with E-state index in [1.165, 1.54) is 11.1 Å². The van der Waals surface area contributed by atoms with Crippen LogP contribution in [0, 0.1) is 0 Å². The topological polar surface area (TPSA) is 45.3 Å². The van der Waals surface area contributed by atoms with Gasteiger partial charge in [-0.05, 0) is 29.3 Å². The smallest absolute Gasteiger partial charge is 0.270 e. The van der Waals surface area contributed by atoms with Gasteiger partial charge in [-0.2, -0.15) is 0 Å². The van der Waals surface area contributed by atoms with Crippen molar-refractivity contribution in [3.05, 3.63) is 65.4 Å².